The fraction of sp³-hybridized carbons (Fsp3) is 1.00. The van der Waals surface area contributed by atoms with E-state index in [0.717, 1.165) is 6.26 Å². The molecule has 0 aliphatic heterocycles. The summed E-state index contributed by atoms with van der Waals surface area (Å²) in [5.41, 5.74) is 0. The standard InChI is InChI=1S/C3H7O3S/c1-7(5,6)3-2-4/h2-3H2,1H3. The summed E-state index contributed by atoms with van der Waals surface area (Å²) < 4.78 is 20.1. The van der Waals surface area contributed by atoms with E-state index in [9.17, 15) is 13.5 Å². The summed E-state index contributed by atoms with van der Waals surface area (Å²) in [5, 5.41) is 9.57. The van der Waals surface area contributed by atoms with Gasteiger partial charge >= 0.3 is 0 Å². The molecule has 43 valence electrons. The average Bonchev–Trinajstić information content (AvgIpc) is 1.30. The van der Waals surface area contributed by atoms with Crippen LogP contribution >= 0.6 is 0 Å². The molecule has 0 aliphatic carbocycles. The third-order valence-electron chi connectivity index (χ3n) is 0.454. The lowest BCUT2D eigenvalue weighted by molar-refractivity contribution is 0.214. The molecule has 4 heteroatoms. The van der Waals surface area contributed by atoms with Crippen molar-refractivity contribution in [2.45, 2.75) is 0 Å². The number of sulfone groups is 1. The van der Waals surface area contributed by atoms with Crippen molar-refractivity contribution in [2.24, 2.45) is 0 Å². The van der Waals surface area contributed by atoms with E-state index in [2.05, 4.69) is 0 Å². The van der Waals surface area contributed by atoms with Crippen molar-refractivity contribution >= 4 is 9.84 Å². The number of hydrogen-bond donors (Lipinski definition) is 0. The molecular weight excluding hydrogens is 116 g/mol. The van der Waals surface area contributed by atoms with Gasteiger partial charge in [-0.15, -0.1) is 0 Å². The number of rotatable bonds is 2. The Labute approximate surface area is 42.9 Å². The zero-order valence-corrected chi connectivity index (χ0v) is 4.86. The molecule has 7 heavy (non-hydrogen) atoms. The third-order valence-corrected chi connectivity index (χ3v) is 1.36. The minimum atomic E-state index is -2.99. The van der Waals surface area contributed by atoms with Crippen molar-refractivity contribution in [1.29, 1.82) is 0 Å². The van der Waals surface area contributed by atoms with Gasteiger partial charge in [-0.05, 0) is 0 Å². The van der Waals surface area contributed by atoms with E-state index in [1.807, 2.05) is 0 Å². The first-order valence-electron chi connectivity index (χ1n) is 1.82. The van der Waals surface area contributed by atoms with E-state index in [0.29, 0.717) is 0 Å². The van der Waals surface area contributed by atoms with E-state index in [1.165, 1.54) is 0 Å². The van der Waals surface area contributed by atoms with Crippen molar-refractivity contribution in [3.05, 3.63) is 0 Å². The first kappa shape index (κ1) is 6.91. The van der Waals surface area contributed by atoms with Gasteiger partial charge in [-0.2, -0.15) is 0 Å². The van der Waals surface area contributed by atoms with Crippen molar-refractivity contribution in [3.8, 4) is 0 Å². The Morgan fingerprint density at radius 1 is 1.43 bits per heavy atom. The smallest absolute Gasteiger partial charge is 0.149 e. The predicted molar refractivity (Wildman–Crippen MR) is 25.3 cm³/mol. The summed E-state index contributed by atoms with van der Waals surface area (Å²) in [6.07, 6.45) is 1.05. The molecule has 0 unspecified atom stereocenters. The van der Waals surface area contributed by atoms with Gasteiger partial charge in [-0.1, -0.05) is 0 Å². The molecule has 0 rings (SSSR count). The summed E-state index contributed by atoms with van der Waals surface area (Å²) in [5.74, 6) is -0.243. The molecule has 0 N–H and O–H groups in total. The van der Waals surface area contributed by atoms with E-state index in [1.54, 1.807) is 0 Å². The molecule has 0 aromatic rings. The summed E-state index contributed by atoms with van der Waals surface area (Å²) >= 11 is 0. The van der Waals surface area contributed by atoms with E-state index >= 15 is 0 Å². The SMILES string of the molecule is CS(=O)(=O)CC[O]. The van der Waals surface area contributed by atoms with Gasteiger partial charge in [-0.3, -0.25) is 0 Å². The van der Waals surface area contributed by atoms with Gasteiger partial charge in [0.1, 0.15) is 9.84 Å². The van der Waals surface area contributed by atoms with Crippen LogP contribution in [0.15, 0.2) is 0 Å². The first-order valence-corrected chi connectivity index (χ1v) is 3.88. The van der Waals surface area contributed by atoms with Crippen molar-refractivity contribution < 1.29 is 13.5 Å². The highest BCUT2D eigenvalue weighted by Crippen LogP contribution is 1.77. The van der Waals surface area contributed by atoms with Crippen LogP contribution in [0.4, 0.5) is 0 Å². The maximum absolute atomic E-state index is 10.0. The molecule has 0 bridgehead atoms. The number of hydrogen-bond acceptors (Lipinski definition) is 2. The Morgan fingerprint density at radius 2 is 1.86 bits per heavy atom. The van der Waals surface area contributed by atoms with Crippen molar-refractivity contribution in [1.82, 2.24) is 0 Å². The first-order chi connectivity index (χ1) is 3.06. The highest BCUT2D eigenvalue weighted by atomic mass is 32.2. The molecule has 0 aromatic heterocycles. The Morgan fingerprint density at radius 3 is 1.86 bits per heavy atom. The van der Waals surface area contributed by atoms with Crippen LogP contribution in [0.5, 0.6) is 0 Å². The Hall–Kier alpha value is -0.0900. The molecule has 0 aromatic carbocycles. The fourth-order valence-corrected chi connectivity index (χ4v) is 0.454. The Balaban J connectivity index is 3.60. The summed E-state index contributed by atoms with van der Waals surface area (Å²) in [4.78, 5) is 0. The second kappa shape index (κ2) is 2.28. The molecule has 0 aliphatic rings. The van der Waals surface area contributed by atoms with Crippen LogP contribution < -0.4 is 0 Å². The van der Waals surface area contributed by atoms with Crippen LogP contribution in [0.1, 0.15) is 0 Å². The van der Waals surface area contributed by atoms with E-state index < -0.39 is 16.4 Å². The van der Waals surface area contributed by atoms with E-state index in [4.69, 9.17) is 0 Å². The second-order valence-corrected chi connectivity index (χ2v) is 3.59. The Bertz CT molecular complexity index is 123. The van der Waals surface area contributed by atoms with Gasteiger partial charge in [0.05, 0.1) is 12.4 Å². The van der Waals surface area contributed by atoms with Crippen LogP contribution in [0.25, 0.3) is 0 Å². The fourth-order valence-electron chi connectivity index (χ4n) is 0.151. The quantitative estimate of drug-likeness (QED) is 0.495. The Kier molecular flexibility index (Phi) is 2.25. The molecule has 0 heterocycles. The van der Waals surface area contributed by atoms with Crippen LogP contribution in [-0.4, -0.2) is 27.0 Å². The summed E-state index contributed by atoms with van der Waals surface area (Å²) in [6.45, 7) is -0.529. The van der Waals surface area contributed by atoms with Gasteiger partial charge < -0.3 is 0 Å². The maximum atomic E-state index is 10.0. The minimum absolute atomic E-state index is 0.243. The van der Waals surface area contributed by atoms with Gasteiger partial charge in [0.2, 0.25) is 0 Å². The highest BCUT2D eigenvalue weighted by molar-refractivity contribution is 7.90. The molecule has 0 saturated carbocycles. The lowest BCUT2D eigenvalue weighted by atomic mass is 10.9. The lowest BCUT2D eigenvalue weighted by Crippen LogP contribution is -2.05. The maximum Gasteiger partial charge on any atom is 0.149 e. The lowest BCUT2D eigenvalue weighted by Gasteiger charge is -1.85. The molecule has 0 atom stereocenters. The van der Waals surface area contributed by atoms with Gasteiger partial charge in [-0.25, -0.2) is 13.5 Å². The largest absolute Gasteiger partial charge is 0.236 e. The zero-order chi connectivity index (χ0) is 5.91. The molecular formula is C3H7O3S. The molecule has 0 spiro atoms. The van der Waals surface area contributed by atoms with Crippen LogP contribution in [-0.2, 0) is 14.9 Å². The van der Waals surface area contributed by atoms with Crippen molar-refractivity contribution in [2.75, 3.05) is 18.6 Å². The molecule has 0 saturated heterocycles. The monoisotopic (exact) mass is 123 g/mol. The third kappa shape index (κ3) is 5.91. The van der Waals surface area contributed by atoms with Crippen molar-refractivity contribution in [3.63, 3.8) is 0 Å². The van der Waals surface area contributed by atoms with Crippen LogP contribution in [0.2, 0.25) is 0 Å². The molecule has 1 radical (unpaired) electrons. The zero-order valence-electron chi connectivity index (χ0n) is 4.05. The normalized spacial score (nSPS) is 11.7. The van der Waals surface area contributed by atoms with Gasteiger partial charge in [0.25, 0.3) is 0 Å². The van der Waals surface area contributed by atoms with Gasteiger partial charge in [0.15, 0.2) is 0 Å². The second-order valence-electron chi connectivity index (χ2n) is 1.33. The molecule has 3 nitrogen and oxygen atoms in total. The molecule has 0 fully saturated rings. The highest BCUT2D eigenvalue weighted by Gasteiger charge is 1.97. The topological polar surface area (TPSA) is 54.0 Å². The average molecular weight is 123 g/mol. The summed E-state index contributed by atoms with van der Waals surface area (Å²) in [6, 6.07) is 0. The van der Waals surface area contributed by atoms with Crippen LogP contribution in [0, 0.1) is 0 Å². The van der Waals surface area contributed by atoms with Gasteiger partial charge in [0, 0.05) is 6.26 Å². The van der Waals surface area contributed by atoms with E-state index in [-0.39, 0.29) is 5.75 Å². The predicted octanol–water partition coefficient (Wildman–Crippen LogP) is -0.538. The summed E-state index contributed by atoms with van der Waals surface area (Å²) in [7, 11) is -2.99. The molecule has 0 amide bonds. The van der Waals surface area contributed by atoms with Crippen LogP contribution in [0.3, 0.4) is 0 Å². The minimum Gasteiger partial charge on any atom is -0.236 e.